The van der Waals surface area contributed by atoms with Crippen molar-refractivity contribution in [3.8, 4) is 0 Å². The third-order valence-corrected chi connectivity index (χ3v) is 2.32. The van der Waals surface area contributed by atoms with Gasteiger partial charge in [-0.25, -0.2) is 4.98 Å². The summed E-state index contributed by atoms with van der Waals surface area (Å²) < 4.78 is 0. The Labute approximate surface area is 82.2 Å². The molecule has 1 aromatic rings. The highest BCUT2D eigenvalue weighted by Crippen LogP contribution is 2.04. The lowest BCUT2D eigenvalue weighted by Crippen LogP contribution is -2.29. The van der Waals surface area contributed by atoms with Crippen LogP contribution in [0.25, 0.3) is 0 Å². The van der Waals surface area contributed by atoms with Gasteiger partial charge >= 0.3 is 0 Å². The Bertz CT molecular complexity index is 257. The minimum Gasteiger partial charge on any atom is -0.308 e. The third kappa shape index (κ3) is 4.15. The minimum absolute atomic E-state index is 0.198. The summed E-state index contributed by atoms with van der Waals surface area (Å²) in [6, 6.07) is 0.361. The van der Waals surface area contributed by atoms with Gasteiger partial charge in [-0.15, -0.1) is 11.3 Å². The number of nitrogens with one attached hydrogen (secondary N) is 1. The Hall–Kier alpha value is -0.740. The van der Waals surface area contributed by atoms with Crippen LogP contribution in [0.2, 0.25) is 0 Å². The fourth-order valence-electron chi connectivity index (χ4n) is 0.889. The Kier molecular flexibility index (Phi) is 4.05. The first kappa shape index (κ1) is 10.3. The quantitative estimate of drug-likeness (QED) is 0.774. The number of carbonyl (C=O) groups excluding carboxylic acids is 1. The van der Waals surface area contributed by atoms with E-state index >= 15 is 0 Å². The van der Waals surface area contributed by atoms with Crippen molar-refractivity contribution < 1.29 is 4.79 Å². The van der Waals surface area contributed by atoms with Crippen molar-refractivity contribution in [1.29, 1.82) is 0 Å². The molecule has 0 bridgehead atoms. The summed E-state index contributed by atoms with van der Waals surface area (Å²) >= 11 is 1.53. The van der Waals surface area contributed by atoms with E-state index < -0.39 is 0 Å². The number of carbonyl (C=O) groups is 1. The lowest BCUT2D eigenvalue weighted by Gasteiger charge is -2.05. The average molecular weight is 198 g/mol. The third-order valence-electron chi connectivity index (χ3n) is 1.54. The van der Waals surface area contributed by atoms with E-state index in [4.69, 9.17) is 0 Å². The SMILES string of the molecule is CC(C)NCC(=O)Cc1nccs1. The fraction of sp³-hybridized carbons (Fsp3) is 0.556. The van der Waals surface area contributed by atoms with Crippen LogP contribution in [0.4, 0.5) is 0 Å². The summed E-state index contributed by atoms with van der Waals surface area (Å²) in [5, 5.41) is 5.87. The van der Waals surface area contributed by atoms with Crippen molar-refractivity contribution in [3.63, 3.8) is 0 Å². The van der Waals surface area contributed by atoms with Gasteiger partial charge in [0.15, 0.2) is 5.78 Å². The molecule has 0 aromatic carbocycles. The molecule has 3 nitrogen and oxygen atoms in total. The van der Waals surface area contributed by atoms with Gasteiger partial charge in [-0.3, -0.25) is 4.79 Å². The van der Waals surface area contributed by atoms with Crippen LogP contribution in [-0.4, -0.2) is 23.4 Å². The molecule has 0 unspecified atom stereocenters. The number of nitrogens with zero attached hydrogens (tertiary/aromatic N) is 1. The molecule has 72 valence electrons. The van der Waals surface area contributed by atoms with E-state index in [0.29, 0.717) is 19.0 Å². The number of thiazole rings is 1. The zero-order valence-corrected chi connectivity index (χ0v) is 8.73. The predicted octanol–water partition coefficient (Wildman–Crippen LogP) is 1.25. The van der Waals surface area contributed by atoms with Crippen LogP contribution in [0, 0.1) is 0 Å². The van der Waals surface area contributed by atoms with Crippen LogP contribution in [-0.2, 0) is 11.2 Å². The van der Waals surface area contributed by atoms with Crippen LogP contribution in [0.1, 0.15) is 18.9 Å². The van der Waals surface area contributed by atoms with Crippen molar-refractivity contribution in [3.05, 3.63) is 16.6 Å². The molecule has 1 N–H and O–H groups in total. The molecule has 0 aliphatic carbocycles. The second-order valence-electron chi connectivity index (χ2n) is 3.18. The number of aromatic nitrogens is 1. The number of hydrogen-bond donors (Lipinski definition) is 1. The Morgan fingerprint density at radius 1 is 1.69 bits per heavy atom. The smallest absolute Gasteiger partial charge is 0.153 e. The van der Waals surface area contributed by atoms with Gasteiger partial charge in [-0.1, -0.05) is 13.8 Å². The topological polar surface area (TPSA) is 42.0 Å². The number of hydrogen-bond acceptors (Lipinski definition) is 4. The van der Waals surface area contributed by atoms with Crippen molar-refractivity contribution in [2.24, 2.45) is 0 Å². The van der Waals surface area contributed by atoms with Gasteiger partial charge < -0.3 is 5.32 Å². The van der Waals surface area contributed by atoms with E-state index in [1.54, 1.807) is 6.20 Å². The summed E-state index contributed by atoms with van der Waals surface area (Å²) in [6.07, 6.45) is 2.18. The first-order valence-electron chi connectivity index (χ1n) is 4.32. The lowest BCUT2D eigenvalue weighted by atomic mass is 10.3. The van der Waals surface area contributed by atoms with E-state index in [2.05, 4.69) is 10.3 Å². The molecule has 0 fully saturated rings. The maximum atomic E-state index is 11.3. The second-order valence-corrected chi connectivity index (χ2v) is 4.16. The van der Waals surface area contributed by atoms with Crippen molar-refractivity contribution >= 4 is 17.1 Å². The monoisotopic (exact) mass is 198 g/mol. The van der Waals surface area contributed by atoms with E-state index in [1.165, 1.54) is 11.3 Å². The lowest BCUT2D eigenvalue weighted by molar-refractivity contribution is -0.117. The fourth-order valence-corrected chi connectivity index (χ4v) is 1.53. The molecule has 4 heteroatoms. The minimum atomic E-state index is 0.198. The summed E-state index contributed by atoms with van der Waals surface area (Å²) in [6.45, 7) is 4.49. The van der Waals surface area contributed by atoms with Gasteiger partial charge in [-0.05, 0) is 0 Å². The molecule has 1 rings (SSSR count). The molecular weight excluding hydrogens is 184 g/mol. The molecule has 1 heterocycles. The molecule has 0 amide bonds. The van der Waals surface area contributed by atoms with Gasteiger partial charge in [0, 0.05) is 17.6 Å². The molecule has 0 radical (unpaired) electrons. The van der Waals surface area contributed by atoms with Gasteiger partial charge in [0.2, 0.25) is 0 Å². The molecule has 0 atom stereocenters. The van der Waals surface area contributed by atoms with Crippen molar-refractivity contribution in [2.75, 3.05) is 6.54 Å². The van der Waals surface area contributed by atoms with Crippen molar-refractivity contribution in [1.82, 2.24) is 10.3 Å². The van der Waals surface area contributed by atoms with Crippen LogP contribution >= 0.6 is 11.3 Å². The molecule has 0 spiro atoms. The second kappa shape index (κ2) is 5.09. The molecule has 0 aliphatic rings. The standard InChI is InChI=1S/C9H14N2OS/c1-7(2)11-6-8(12)5-9-10-3-4-13-9/h3-4,7,11H,5-6H2,1-2H3. The first-order valence-corrected chi connectivity index (χ1v) is 5.20. The normalized spacial score (nSPS) is 10.7. The summed E-state index contributed by atoms with van der Waals surface area (Å²) in [7, 11) is 0. The number of rotatable bonds is 5. The van der Waals surface area contributed by atoms with Gasteiger partial charge in [0.05, 0.1) is 18.0 Å². The predicted molar refractivity (Wildman–Crippen MR) is 54.0 cm³/mol. The number of Topliss-reactive ketones (excluding diaryl/α,β-unsaturated/α-hetero) is 1. The molecule has 13 heavy (non-hydrogen) atoms. The summed E-state index contributed by atoms with van der Waals surface area (Å²) in [5.41, 5.74) is 0. The number of ketones is 1. The Balaban J connectivity index is 2.26. The zero-order valence-electron chi connectivity index (χ0n) is 7.91. The highest BCUT2D eigenvalue weighted by Gasteiger charge is 2.05. The zero-order chi connectivity index (χ0) is 9.68. The van der Waals surface area contributed by atoms with Gasteiger partial charge in [-0.2, -0.15) is 0 Å². The van der Waals surface area contributed by atoms with E-state index in [1.807, 2.05) is 19.2 Å². The molecule has 0 saturated heterocycles. The van der Waals surface area contributed by atoms with Gasteiger partial charge in [0.25, 0.3) is 0 Å². The molecule has 1 aromatic heterocycles. The van der Waals surface area contributed by atoms with Crippen LogP contribution < -0.4 is 5.32 Å². The summed E-state index contributed by atoms with van der Waals surface area (Å²) in [4.78, 5) is 15.4. The molecule has 0 saturated carbocycles. The molecular formula is C9H14N2OS. The highest BCUT2D eigenvalue weighted by atomic mass is 32.1. The largest absolute Gasteiger partial charge is 0.308 e. The van der Waals surface area contributed by atoms with E-state index in [0.717, 1.165) is 5.01 Å². The Morgan fingerprint density at radius 3 is 3.00 bits per heavy atom. The van der Waals surface area contributed by atoms with Crippen LogP contribution in [0.15, 0.2) is 11.6 Å². The maximum Gasteiger partial charge on any atom is 0.153 e. The van der Waals surface area contributed by atoms with Crippen molar-refractivity contribution in [2.45, 2.75) is 26.3 Å². The first-order chi connectivity index (χ1) is 6.18. The van der Waals surface area contributed by atoms with E-state index in [9.17, 15) is 4.79 Å². The highest BCUT2D eigenvalue weighted by molar-refractivity contribution is 7.09. The van der Waals surface area contributed by atoms with E-state index in [-0.39, 0.29) is 5.78 Å². The van der Waals surface area contributed by atoms with Crippen LogP contribution in [0.3, 0.4) is 0 Å². The molecule has 0 aliphatic heterocycles. The maximum absolute atomic E-state index is 11.3. The van der Waals surface area contributed by atoms with Gasteiger partial charge in [0.1, 0.15) is 0 Å². The Morgan fingerprint density at radius 2 is 2.46 bits per heavy atom. The average Bonchev–Trinajstić information content (AvgIpc) is 2.53. The van der Waals surface area contributed by atoms with Crippen LogP contribution in [0.5, 0.6) is 0 Å². The summed E-state index contributed by atoms with van der Waals surface area (Å²) in [5.74, 6) is 0.198.